The quantitative estimate of drug-likeness (QED) is 0.848. The van der Waals surface area contributed by atoms with Gasteiger partial charge in [-0.2, -0.15) is 0 Å². The molecule has 0 saturated heterocycles. The van der Waals surface area contributed by atoms with Crippen LogP contribution in [-0.2, 0) is 18.3 Å². The van der Waals surface area contributed by atoms with Crippen molar-refractivity contribution in [2.24, 2.45) is 7.05 Å². The van der Waals surface area contributed by atoms with Gasteiger partial charge in [-0.05, 0) is 42.8 Å². The number of carboxylic acid groups (broad SMARTS) is 1. The molecule has 0 saturated carbocycles. The molecule has 1 aromatic heterocycles. The lowest BCUT2D eigenvalue weighted by Crippen LogP contribution is -2.12. The van der Waals surface area contributed by atoms with Crippen LogP contribution in [0.1, 0.15) is 27.3 Å². The third kappa shape index (κ3) is 3.94. The molecule has 120 valence electrons. The minimum absolute atomic E-state index is 0. The molecule has 0 unspecified atom stereocenters. The van der Waals surface area contributed by atoms with Gasteiger partial charge >= 0.3 is 5.97 Å². The lowest BCUT2D eigenvalue weighted by Gasteiger charge is -2.07. The number of hydrogen-bond acceptors (Lipinski definition) is 2. The summed E-state index contributed by atoms with van der Waals surface area (Å²) < 4.78 is 1.64. The molecule has 2 rings (SSSR count). The Morgan fingerprint density at radius 1 is 1.18 bits per heavy atom. The zero-order chi connectivity index (χ0) is 14.9. The van der Waals surface area contributed by atoms with E-state index in [-0.39, 0.29) is 23.2 Å². The molecule has 1 heterocycles. The predicted molar refractivity (Wildman–Crippen MR) is 83.6 cm³/mol. The van der Waals surface area contributed by atoms with Crippen LogP contribution < -0.4 is 0 Å². The van der Waals surface area contributed by atoms with Crippen LogP contribution in [0.25, 0.3) is 0 Å². The third-order valence-electron chi connectivity index (χ3n) is 3.18. The van der Waals surface area contributed by atoms with Crippen LogP contribution in [0.4, 0.5) is 0 Å². The molecule has 7 heteroatoms. The van der Waals surface area contributed by atoms with E-state index in [9.17, 15) is 9.59 Å². The zero-order valence-electron chi connectivity index (χ0n) is 12.2. The smallest absolute Gasteiger partial charge is 0.309 e. The lowest BCUT2D eigenvalue weighted by molar-refractivity contribution is -0.136. The summed E-state index contributed by atoms with van der Waals surface area (Å²) in [6.07, 6.45) is -0.106. The Bertz CT molecular complexity index is 676. The van der Waals surface area contributed by atoms with Crippen LogP contribution in [0.15, 0.2) is 30.3 Å². The number of carbonyl (C=O) groups is 2. The minimum Gasteiger partial charge on any atom is -0.481 e. The molecule has 0 atom stereocenters. The first-order chi connectivity index (χ1) is 9.40. The summed E-state index contributed by atoms with van der Waals surface area (Å²) >= 11 is 5.80. The summed E-state index contributed by atoms with van der Waals surface area (Å²) in [5.41, 5.74) is 2.40. The Morgan fingerprint density at radius 2 is 1.73 bits per heavy atom. The number of carbonyl (C=O) groups excluding carboxylic acids is 1. The van der Waals surface area contributed by atoms with E-state index in [0.717, 1.165) is 5.56 Å². The van der Waals surface area contributed by atoms with Crippen molar-refractivity contribution in [3.63, 3.8) is 0 Å². The van der Waals surface area contributed by atoms with Gasteiger partial charge in [0.1, 0.15) is 0 Å². The summed E-state index contributed by atoms with van der Waals surface area (Å²) in [5, 5.41) is 9.43. The number of aromatic nitrogens is 1. The number of rotatable bonds is 4. The Kier molecular flexibility index (Phi) is 6.99. The van der Waals surface area contributed by atoms with Crippen LogP contribution in [0.5, 0.6) is 0 Å². The van der Waals surface area contributed by atoms with Crippen LogP contribution in [0.2, 0.25) is 5.02 Å². The van der Waals surface area contributed by atoms with E-state index >= 15 is 0 Å². The second kappa shape index (κ2) is 7.74. The van der Waals surface area contributed by atoms with Crippen LogP contribution >= 0.6 is 11.6 Å². The Labute approximate surface area is 132 Å². The highest BCUT2D eigenvalue weighted by molar-refractivity contribution is 6.30. The molecule has 0 aliphatic heterocycles. The molecule has 0 radical (unpaired) electrons. The van der Waals surface area contributed by atoms with E-state index in [1.807, 2.05) is 0 Å². The highest BCUT2D eigenvalue weighted by Crippen LogP contribution is 2.20. The molecule has 0 bridgehead atoms. The SMILES string of the molecule is Cc1cc(CC(=O)O)n(C)c1C(=O)c1ccc(Cl)cc1.O.O. The first-order valence-electron chi connectivity index (χ1n) is 6.07. The fourth-order valence-electron chi connectivity index (χ4n) is 2.22. The Balaban J connectivity index is 0.00000220. The molecule has 0 spiro atoms. The summed E-state index contributed by atoms with van der Waals surface area (Å²) in [7, 11) is 1.70. The average molecular weight is 328 g/mol. The molecule has 0 amide bonds. The molecule has 0 aliphatic rings. The van der Waals surface area contributed by atoms with Gasteiger partial charge in [-0.15, -0.1) is 0 Å². The van der Waals surface area contributed by atoms with Crippen molar-refractivity contribution < 1.29 is 25.6 Å². The van der Waals surface area contributed by atoms with Crippen molar-refractivity contribution in [1.82, 2.24) is 4.57 Å². The fourth-order valence-corrected chi connectivity index (χ4v) is 2.34. The summed E-state index contributed by atoms with van der Waals surface area (Å²) in [6, 6.07) is 8.37. The number of hydrogen-bond donors (Lipinski definition) is 1. The van der Waals surface area contributed by atoms with Crippen molar-refractivity contribution in [1.29, 1.82) is 0 Å². The van der Waals surface area contributed by atoms with Gasteiger partial charge in [0, 0.05) is 23.3 Å². The lowest BCUT2D eigenvalue weighted by atomic mass is 10.1. The van der Waals surface area contributed by atoms with Gasteiger partial charge in [-0.3, -0.25) is 9.59 Å². The minimum atomic E-state index is -0.920. The molecule has 2 aromatic rings. The summed E-state index contributed by atoms with van der Waals surface area (Å²) in [6.45, 7) is 1.80. The summed E-state index contributed by atoms with van der Waals surface area (Å²) in [4.78, 5) is 23.3. The first kappa shape index (κ1) is 19.9. The molecular weight excluding hydrogens is 310 g/mol. The van der Waals surface area contributed by atoms with Gasteiger partial charge in [0.15, 0.2) is 0 Å². The molecule has 0 aliphatic carbocycles. The number of carboxylic acids is 1. The van der Waals surface area contributed by atoms with Crippen molar-refractivity contribution in [3.8, 4) is 0 Å². The van der Waals surface area contributed by atoms with Crippen molar-refractivity contribution in [2.45, 2.75) is 13.3 Å². The second-order valence-corrected chi connectivity index (χ2v) is 5.07. The molecule has 22 heavy (non-hydrogen) atoms. The highest BCUT2D eigenvalue weighted by atomic mass is 35.5. The average Bonchev–Trinajstić information content (AvgIpc) is 2.64. The van der Waals surface area contributed by atoms with Crippen molar-refractivity contribution in [2.75, 3.05) is 0 Å². The van der Waals surface area contributed by atoms with E-state index in [1.54, 1.807) is 48.9 Å². The van der Waals surface area contributed by atoms with Crippen LogP contribution in [0, 0.1) is 6.92 Å². The zero-order valence-corrected chi connectivity index (χ0v) is 12.9. The monoisotopic (exact) mass is 327 g/mol. The maximum Gasteiger partial charge on any atom is 0.309 e. The largest absolute Gasteiger partial charge is 0.481 e. The fraction of sp³-hybridized carbons (Fsp3) is 0.200. The highest BCUT2D eigenvalue weighted by Gasteiger charge is 2.19. The van der Waals surface area contributed by atoms with Gasteiger partial charge in [-0.25, -0.2) is 0 Å². The maximum atomic E-state index is 12.5. The van der Waals surface area contributed by atoms with Crippen molar-refractivity contribution >= 4 is 23.4 Å². The first-order valence-corrected chi connectivity index (χ1v) is 6.45. The van der Waals surface area contributed by atoms with Crippen molar-refractivity contribution in [3.05, 3.63) is 57.9 Å². The maximum absolute atomic E-state index is 12.5. The van der Waals surface area contributed by atoms with Gasteiger partial charge in [0.2, 0.25) is 5.78 Å². The van der Waals surface area contributed by atoms with E-state index in [0.29, 0.717) is 22.0 Å². The van der Waals surface area contributed by atoms with Gasteiger partial charge < -0.3 is 20.6 Å². The van der Waals surface area contributed by atoms with E-state index in [2.05, 4.69) is 0 Å². The number of halogens is 1. The van der Waals surface area contributed by atoms with E-state index in [1.165, 1.54) is 0 Å². The molecule has 6 nitrogen and oxygen atoms in total. The number of aryl methyl sites for hydroxylation is 1. The number of ketones is 1. The normalized spacial score (nSPS) is 9.59. The van der Waals surface area contributed by atoms with E-state index in [4.69, 9.17) is 16.7 Å². The predicted octanol–water partition coefficient (Wildman–Crippen LogP) is 1.20. The Hall–Kier alpha value is -2.15. The van der Waals surface area contributed by atoms with Crippen LogP contribution in [0.3, 0.4) is 0 Å². The third-order valence-corrected chi connectivity index (χ3v) is 3.43. The molecule has 1 aromatic carbocycles. The summed E-state index contributed by atoms with van der Waals surface area (Å²) in [5.74, 6) is -1.06. The number of benzene rings is 1. The topological polar surface area (TPSA) is 122 Å². The molecule has 0 fully saturated rings. The number of aliphatic carboxylic acids is 1. The molecule has 5 N–H and O–H groups in total. The Morgan fingerprint density at radius 3 is 2.23 bits per heavy atom. The van der Waals surface area contributed by atoms with E-state index < -0.39 is 5.97 Å². The second-order valence-electron chi connectivity index (χ2n) is 4.63. The van der Waals surface area contributed by atoms with Gasteiger partial charge in [0.05, 0.1) is 12.1 Å². The van der Waals surface area contributed by atoms with Crippen LogP contribution in [-0.4, -0.2) is 32.4 Å². The van der Waals surface area contributed by atoms with Gasteiger partial charge in [0.25, 0.3) is 0 Å². The number of nitrogens with zero attached hydrogens (tertiary/aromatic N) is 1. The standard InChI is InChI=1S/C15H14ClNO3.2H2O/c1-9-7-12(8-13(18)19)17(2)14(9)15(20)10-3-5-11(16)6-4-10;;/h3-7H,8H2,1-2H3,(H,18,19);2*1H2. The van der Waals surface area contributed by atoms with Gasteiger partial charge in [-0.1, -0.05) is 11.6 Å². The molecular formula is C15H18ClNO5.